The molecular formula is C18H25ClN2O2. The second-order valence-electron chi connectivity index (χ2n) is 6.58. The number of hydrogen-bond acceptors (Lipinski definition) is 3. The van der Waals surface area contributed by atoms with Crippen LogP contribution in [0.3, 0.4) is 0 Å². The molecule has 23 heavy (non-hydrogen) atoms. The molecule has 1 atom stereocenters. The maximum atomic E-state index is 12.5. The largest absolute Gasteiger partial charge is 0.480 e. The number of amides is 1. The van der Waals surface area contributed by atoms with Crippen LogP contribution in [-0.2, 0) is 11.2 Å². The lowest BCUT2D eigenvalue weighted by Gasteiger charge is -2.27. The molecule has 1 fully saturated rings. The fourth-order valence-corrected chi connectivity index (χ4v) is 3.62. The Kier molecular flexibility index (Phi) is 5.44. The summed E-state index contributed by atoms with van der Waals surface area (Å²) in [6, 6.07) is 5.54. The number of fused-ring (bicyclic) bond motifs is 1. The van der Waals surface area contributed by atoms with Crippen molar-refractivity contribution in [1.82, 2.24) is 9.80 Å². The van der Waals surface area contributed by atoms with Crippen molar-refractivity contribution < 1.29 is 9.53 Å². The van der Waals surface area contributed by atoms with Gasteiger partial charge in [0.2, 0.25) is 0 Å². The molecule has 0 bridgehead atoms. The SMILES string of the molecule is CN(CCCN1CCCCC1)C(=O)[C@@H]1Cc2cc(Cl)ccc2O1. The molecule has 1 aromatic carbocycles. The molecule has 1 saturated heterocycles. The minimum atomic E-state index is -0.400. The summed E-state index contributed by atoms with van der Waals surface area (Å²) in [5.41, 5.74) is 1.03. The van der Waals surface area contributed by atoms with Gasteiger partial charge in [0.25, 0.3) is 5.91 Å². The standard InChI is InChI=1S/C18H25ClN2O2/c1-20(8-5-11-21-9-3-2-4-10-21)18(22)17-13-14-12-15(19)6-7-16(14)23-17/h6-7,12,17H,2-5,8-11,13H2,1H3/t17-/m0/s1. The van der Waals surface area contributed by atoms with Crippen molar-refractivity contribution in [1.29, 1.82) is 0 Å². The monoisotopic (exact) mass is 336 g/mol. The van der Waals surface area contributed by atoms with Crippen molar-refractivity contribution in [3.05, 3.63) is 28.8 Å². The molecule has 5 heteroatoms. The van der Waals surface area contributed by atoms with E-state index in [2.05, 4.69) is 4.90 Å². The zero-order valence-electron chi connectivity index (χ0n) is 13.8. The Labute approximate surface area is 143 Å². The zero-order valence-corrected chi connectivity index (χ0v) is 14.5. The van der Waals surface area contributed by atoms with Crippen molar-refractivity contribution in [3.63, 3.8) is 0 Å². The van der Waals surface area contributed by atoms with E-state index < -0.39 is 6.10 Å². The zero-order chi connectivity index (χ0) is 16.2. The highest BCUT2D eigenvalue weighted by atomic mass is 35.5. The number of ether oxygens (including phenoxy) is 1. The molecule has 3 rings (SSSR count). The van der Waals surface area contributed by atoms with Gasteiger partial charge in [0.15, 0.2) is 6.10 Å². The molecule has 126 valence electrons. The predicted octanol–water partition coefficient (Wildman–Crippen LogP) is 2.98. The number of likely N-dealkylation sites (N-methyl/N-ethyl adjacent to an activating group) is 1. The first-order chi connectivity index (χ1) is 11.1. The molecule has 2 aliphatic heterocycles. The first-order valence-electron chi connectivity index (χ1n) is 8.56. The maximum Gasteiger partial charge on any atom is 0.263 e. The second-order valence-corrected chi connectivity index (χ2v) is 7.01. The van der Waals surface area contributed by atoms with Gasteiger partial charge in [-0.15, -0.1) is 0 Å². The molecule has 0 N–H and O–H groups in total. The Morgan fingerprint density at radius 1 is 1.35 bits per heavy atom. The number of piperidine rings is 1. The Balaban J connectivity index is 1.45. The van der Waals surface area contributed by atoms with Gasteiger partial charge in [0.1, 0.15) is 5.75 Å². The highest BCUT2D eigenvalue weighted by Crippen LogP contribution is 2.31. The van der Waals surface area contributed by atoms with Crippen LogP contribution in [0.15, 0.2) is 18.2 Å². The van der Waals surface area contributed by atoms with Gasteiger partial charge in [0, 0.05) is 25.0 Å². The van der Waals surface area contributed by atoms with Crippen LogP contribution in [0.25, 0.3) is 0 Å². The highest BCUT2D eigenvalue weighted by molar-refractivity contribution is 6.30. The molecule has 1 aromatic rings. The molecule has 1 amide bonds. The Morgan fingerprint density at radius 3 is 2.91 bits per heavy atom. The summed E-state index contributed by atoms with van der Waals surface area (Å²) in [5.74, 6) is 0.852. The van der Waals surface area contributed by atoms with E-state index in [4.69, 9.17) is 16.3 Å². The lowest BCUT2D eigenvalue weighted by atomic mass is 10.1. The van der Waals surface area contributed by atoms with E-state index in [1.54, 1.807) is 6.07 Å². The number of rotatable bonds is 5. The third-order valence-corrected chi connectivity index (χ3v) is 5.00. The predicted molar refractivity (Wildman–Crippen MR) is 92.1 cm³/mol. The number of hydrogen-bond donors (Lipinski definition) is 0. The molecule has 0 aliphatic carbocycles. The Bertz CT molecular complexity index is 558. The Morgan fingerprint density at radius 2 is 2.13 bits per heavy atom. The molecule has 0 radical (unpaired) electrons. The summed E-state index contributed by atoms with van der Waals surface area (Å²) in [7, 11) is 1.87. The highest BCUT2D eigenvalue weighted by Gasteiger charge is 2.31. The number of carbonyl (C=O) groups is 1. The summed E-state index contributed by atoms with van der Waals surface area (Å²) in [5, 5.41) is 0.690. The summed E-state index contributed by atoms with van der Waals surface area (Å²) >= 11 is 6.00. The van der Waals surface area contributed by atoms with E-state index in [1.165, 1.54) is 32.4 Å². The van der Waals surface area contributed by atoms with Gasteiger partial charge < -0.3 is 14.5 Å². The molecule has 2 heterocycles. The minimum absolute atomic E-state index is 0.0657. The van der Waals surface area contributed by atoms with E-state index in [-0.39, 0.29) is 5.91 Å². The van der Waals surface area contributed by atoms with Crippen LogP contribution in [0.5, 0.6) is 5.75 Å². The summed E-state index contributed by atoms with van der Waals surface area (Å²) < 4.78 is 5.78. The first-order valence-corrected chi connectivity index (χ1v) is 8.94. The van der Waals surface area contributed by atoms with E-state index in [9.17, 15) is 4.79 Å². The molecule has 0 unspecified atom stereocenters. The number of likely N-dealkylation sites (tertiary alicyclic amines) is 1. The topological polar surface area (TPSA) is 32.8 Å². The van der Waals surface area contributed by atoms with Gasteiger partial charge in [0.05, 0.1) is 0 Å². The molecule has 0 aromatic heterocycles. The van der Waals surface area contributed by atoms with Gasteiger partial charge in [-0.3, -0.25) is 4.79 Å². The van der Waals surface area contributed by atoms with Crippen LogP contribution in [0.4, 0.5) is 0 Å². The van der Waals surface area contributed by atoms with Gasteiger partial charge >= 0.3 is 0 Å². The van der Waals surface area contributed by atoms with Gasteiger partial charge in [-0.25, -0.2) is 0 Å². The lowest BCUT2D eigenvalue weighted by Crippen LogP contribution is -2.40. The van der Waals surface area contributed by atoms with Crippen LogP contribution < -0.4 is 4.74 Å². The average molecular weight is 337 g/mol. The number of halogens is 1. The van der Waals surface area contributed by atoms with Crippen molar-refractivity contribution >= 4 is 17.5 Å². The van der Waals surface area contributed by atoms with Crippen LogP contribution in [0.2, 0.25) is 5.02 Å². The normalized spacial score (nSPS) is 20.9. The van der Waals surface area contributed by atoms with Crippen molar-refractivity contribution in [2.24, 2.45) is 0 Å². The number of benzene rings is 1. The van der Waals surface area contributed by atoms with E-state index in [1.807, 2.05) is 24.1 Å². The minimum Gasteiger partial charge on any atom is -0.480 e. The van der Waals surface area contributed by atoms with Crippen LogP contribution in [0, 0.1) is 0 Å². The summed E-state index contributed by atoms with van der Waals surface area (Å²) in [4.78, 5) is 16.8. The molecule has 0 spiro atoms. The third-order valence-electron chi connectivity index (χ3n) is 4.77. The molecule has 4 nitrogen and oxygen atoms in total. The van der Waals surface area contributed by atoms with Gasteiger partial charge in [-0.05, 0) is 62.7 Å². The van der Waals surface area contributed by atoms with Gasteiger partial charge in [-0.1, -0.05) is 18.0 Å². The van der Waals surface area contributed by atoms with Crippen molar-refractivity contribution in [2.45, 2.75) is 38.2 Å². The van der Waals surface area contributed by atoms with Gasteiger partial charge in [-0.2, -0.15) is 0 Å². The smallest absolute Gasteiger partial charge is 0.263 e. The van der Waals surface area contributed by atoms with Crippen LogP contribution >= 0.6 is 11.6 Å². The maximum absolute atomic E-state index is 12.5. The second kappa shape index (κ2) is 7.54. The molecular weight excluding hydrogens is 312 g/mol. The quantitative estimate of drug-likeness (QED) is 0.828. The number of nitrogens with zero attached hydrogens (tertiary/aromatic N) is 2. The summed E-state index contributed by atoms with van der Waals surface area (Å²) in [6.07, 6.45) is 5.22. The van der Waals surface area contributed by atoms with E-state index in [0.717, 1.165) is 30.8 Å². The van der Waals surface area contributed by atoms with Crippen molar-refractivity contribution in [2.75, 3.05) is 33.2 Å². The average Bonchev–Trinajstić information content (AvgIpc) is 2.98. The third kappa shape index (κ3) is 4.18. The van der Waals surface area contributed by atoms with Crippen LogP contribution in [-0.4, -0.2) is 55.0 Å². The van der Waals surface area contributed by atoms with Crippen LogP contribution in [0.1, 0.15) is 31.2 Å². The van der Waals surface area contributed by atoms with E-state index >= 15 is 0 Å². The van der Waals surface area contributed by atoms with Crippen molar-refractivity contribution in [3.8, 4) is 5.75 Å². The van der Waals surface area contributed by atoms with E-state index in [0.29, 0.717) is 11.4 Å². The Hall–Kier alpha value is -1.26. The lowest BCUT2D eigenvalue weighted by molar-refractivity contribution is -0.136. The fourth-order valence-electron chi connectivity index (χ4n) is 3.43. The fraction of sp³-hybridized carbons (Fsp3) is 0.611. The summed E-state index contributed by atoms with van der Waals surface area (Å²) in [6.45, 7) is 4.28. The first kappa shape index (κ1) is 16.6. The number of carbonyl (C=O) groups excluding carboxylic acids is 1. The molecule has 2 aliphatic rings. The molecule has 0 saturated carbocycles.